The molecule has 1 N–H and O–H groups in total. The van der Waals surface area contributed by atoms with Gasteiger partial charge in [-0.05, 0) is 44.7 Å². The maximum Gasteiger partial charge on any atom is 0.410 e. The first-order chi connectivity index (χ1) is 17.6. The molecular formula is C25H35N5O6S. The lowest BCUT2D eigenvalue weighted by Crippen LogP contribution is -2.43. The molecule has 2 aliphatic rings. The Hall–Kier alpha value is -3.15. The van der Waals surface area contributed by atoms with Gasteiger partial charge in [-0.2, -0.15) is 4.98 Å². The molecule has 2 aromatic heterocycles. The minimum absolute atomic E-state index is 0.0276. The van der Waals surface area contributed by atoms with Crippen LogP contribution in [0, 0.1) is 12.8 Å². The summed E-state index contributed by atoms with van der Waals surface area (Å²) < 4.78 is 40.2. The molecule has 2 aromatic rings. The van der Waals surface area contributed by atoms with Crippen molar-refractivity contribution in [2.24, 2.45) is 5.92 Å². The first kappa shape index (κ1) is 26.9. The van der Waals surface area contributed by atoms with Crippen LogP contribution in [-0.2, 0) is 21.0 Å². The molecule has 1 saturated carbocycles. The first-order valence-corrected chi connectivity index (χ1v) is 14.6. The van der Waals surface area contributed by atoms with E-state index in [1.807, 2.05) is 19.9 Å². The molecule has 1 aliphatic carbocycles. The minimum Gasteiger partial charge on any atom is -0.489 e. The van der Waals surface area contributed by atoms with Gasteiger partial charge in [-0.15, -0.1) is 0 Å². The monoisotopic (exact) mass is 533 g/mol. The average Bonchev–Trinajstić information content (AvgIpc) is 3.70. The van der Waals surface area contributed by atoms with E-state index in [1.54, 1.807) is 11.0 Å². The number of anilines is 2. The molecule has 0 radical (unpaired) electrons. The molecule has 12 heteroatoms. The SMILES string of the molecule is COc1c(Nc2ccc(CCS(C)(=O)=O)nc2C)ncnc1OC1CCN(C(=O)O[C@@H](C)C2CC2)CC1. The lowest BCUT2D eigenvalue weighted by Gasteiger charge is -2.32. The van der Waals surface area contributed by atoms with Gasteiger partial charge in [0.2, 0.25) is 5.75 Å². The summed E-state index contributed by atoms with van der Waals surface area (Å²) in [6.45, 7) is 4.90. The van der Waals surface area contributed by atoms with Gasteiger partial charge in [0.15, 0.2) is 5.82 Å². The average molecular weight is 534 g/mol. The number of ether oxygens (including phenoxy) is 3. The Morgan fingerprint density at radius 3 is 2.54 bits per heavy atom. The van der Waals surface area contributed by atoms with Crippen molar-refractivity contribution in [3.63, 3.8) is 0 Å². The van der Waals surface area contributed by atoms with Crippen molar-refractivity contribution in [1.29, 1.82) is 0 Å². The van der Waals surface area contributed by atoms with Crippen molar-refractivity contribution >= 4 is 27.4 Å². The van der Waals surface area contributed by atoms with Gasteiger partial charge >= 0.3 is 6.09 Å². The Kier molecular flexibility index (Phi) is 8.35. The van der Waals surface area contributed by atoms with Gasteiger partial charge in [-0.3, -0.25) is 4.98 Å². The molecule has 11 nitrogen and oxygen atoms in total. The summed E-state index contributed by atoms with van der Waals surface area (Å²) in [5, 5.41) is 3.22. The summed E-state index contributed by atoms with van der Waals surface area (Å²) in [7, 11) is -1.54. The number of nitrogens with zero attached hydrogens (tertiary/aromatic N) is 4. The van der Waals surface area contributed by atoms with Crippen LogP contribution in [0.15, 0.2) is 18.5 Å². The molecule has 0 aromatic carbocycles. The standard InChI is InChI=1S/C25H35N5O6S/c1-16-21(8-7-19(28-16)11-14-37(4,32)33)29-23-22(34-3)24(27-15-26-23)36-20-9-12-30(13-10-20)25(31)35-17(2)18-5-6-18/h7-8,15,17-18,20H,5-6,9-14H2,1-4H3,(H,26,27,29)/t17-/m0/s1. The molecule has 1 saturated heterocycles. The number of methoxy groups -OCH3 is 1. The summed E-state index contributed by atoms with van der Waals surface area (Å²) in [6.07, 6.45) is 6.13. The molecule has 1 atom stereocenters. The number of nitrogens with one attached hydrogen (secondary N) is 1. The number of pyridine rings is 1. The van der Waals surface area contributed by atoms with Crippen LogP contribution in [0.25, 0.3) is 0 Å². The zero-order chi connectivity index (χ0) is 26.6. The van der Waals surface area contributed by atoms with E-state index < -0.39 is 9.84 Å². The number of aromatic nitrogens is 3. The van der Waals surface area contributed by atoms with Crippen LogP contribution in [-0.4, -0.2) is 78.8 Å². The fourth-order valence-electron chi connectivity index (χ4n) is 4.23. The molecule has 2 fully saturated rings. The van der Waals surface area contributed by atoms with Crippen LogP contribution in [0.4, 0.5) is 16.3 Å². The molecule has 0 bridgehead atoms. The molecule has 0 unspecified atom stereocenters. The van der Waals surface area contributed by atoms with Crippen molar-refractivity contribution in [2.45, 2.75) is 58.2 Å². The number of carbonyl (C=O) groups excluding carboxylic acids is 1. The summed E-state index contributed by atoms with van der Waals surface area (Å²) in [5.41, 5.74) is 2.10. The van der Waals surface area contributed by atoms with E-state index in [2.05, 4.69) is 20.3 Å². The van der Waals surface area contributed by atoms with Crippen molar-refractivity contribution < 1.29 is 27.4 Å². The highest BCUT2D eigenvalue weighted by Gasteiger charge is 2.33. The Morgan fingerprint density at radius 2 is 1.92 bits per heavy atom. The van der Waals surface area contributed by atoms with Crippen molar-refractivity contribution in [3.05, 3.63) is 29.8 Å². The van der Waals surface area contributed by atoms with Crippen LogP contribution in [0.5, 0.6) is 11.6 Å². The second kappa shape index (κ2) is 11.5. The quantitative estimate of drug-likeness (QED) is 0.485. The van der Waals surface area contributed by atoms with Gasteiger partial charge < -0.3 is 24.4 Å². The van der Waals surface area contributed by atoms with Gasteiger partial charge in [0.25, 0.3) is 5.88 Å². The molecule has 1 amide bonds. The maximum absolute atomic E-state index is 12.4. The Morgan fingerprint density at radius 1 is 1.19 bits per heavy atom. The second-order valence-electron chi connectivity index (χ2n) is 9.73. The summed E-state index contributed by atoms with van der Waals surface area (Å²) in [6, 6.07) is 3.62. The number of hydrogen-bond acceptors (Lipinski definition) is 10. The highest BCUT2D eigenvalue weighted by molar-refractivity contribution is 7.90. The number of piperidine rings is 1. The molecule has 37 heavy (non-hydrogen) atoms. The summed E-state index contributed by atoms with van der Waals surface area (Å²) >= 11 is 0. The van der Waals surface area contributed by atoms with Crippen molar-refractivity contribution in [2.75, 3.05) is 37.5 Å². The maximum atomic E-state index is 12.4. The third-order valence-corrected chi connectivity index (χ3v) is 7.60. The fraction of sp³-hybridized carbons (Fsp3) is 0.600. The molecule has 202 valence electrons. The molecule has 0 spiro atoms. The van der Waals surface area contributed by atoms with E-state index in [4.69, 9.17) is 14.2 Å². The van der Waals surface area contributed by atoms with Gasteiger partial charge in [0, 0.05) is 44.3 Å². The van der Waals surface area contributed by atoms with E-state index in [1.165, 1.54) is 19.7 Å². The predicted molar refractivity (Wildman–Crippen MR) is 138 cm³/mol. The smallest absolute Gasteiger partial charge is 0.410 e. The first-order valence-electron chi connectivity index (χ1n) is 12.6. The number of sulfone groups is 1. The zero-order valence-electron chi connectivity index (χ0n) is 21.8. The normalized spacial score (nSPS) is 17.2. The van der Waals surface area contributed by atoms with E-state index in [9.17, 15) is 13.2 Å². The van der Waals surface area contributed by atoms with Crippen LogP contribution in [0.1, 0.15) is 44.0 Å². The third-order valence-electron chi connectivity index (χ3n) is 6.65. The topological polar surface area (TPSA) is 133 Å². The lowest BCUT2D eigenvalue weighted by atomic mass is 10.1. The van der Waals surface area contributed by atoms with Crippen molar-refractivity contribution in [1.82, 2.24) is 19.9 Å². The van der Waals surface area contributed by atoms with Crippen molar-refractivity contribution in [3.8, 4) is 11.6 Å². The highest BCUT2D eigenvalue weighted by Crippen LogP contribution is 2.36. The van der Waals surface area contributed by atoms with E-state index >= 15 is 0 Å². The van der Waals surface area contributed by atoms with Crippen LogP contribution in [0.2, 0.25) is 0 Å². The summed E-state index contributed by atoms with van der Waals surface area (Å²) in [5.74, 6) is 1.67. The van der Waals surface area contributed by atoms with Crippen LogP contribution in [0.3, 0.4) is 0 Å². The number of amides is 1. The van der Waals surface area contributed by atoms with Crippen LogP contribution >= 0.6 is 0 Å². The third kappa shape index (κ3) is 7.43. The highest BCUT2D eigenvalue weighted by atomic mass is 32.2. The Labute approximate surface area is 217 Å². The van der Waals surface area contributed by atoms with E-state index in [0.29, 0.717) is 72.8 Å². The summed E-state index contributed by atoms with van der Waals surface area (Å²) in [4.78, 5) is 27.3. The lowest BCUT2D eigenvalue weighted by molar-refractivity contribution is 0.0397. The van der Waals surface area contributed by atoms with Gasteiger partial charge in [-0.25, -0.2) is 18.2 Å². The van der Waals surface area contributed by atoms with Gasteiger partial charge in [0.1, 0.15) is 28.4 Å². The van der Waals surface area contributed by atoms with Gasteiger partial charge in [-0.1, -0.05) is 0 Å². The fourth-order valence-corrected chi connectivity index (χ4v) is 4.81. The van der Waals surface area contributed by atoms with E-state index in [-0.39, 0.29) is 24.1 Å². The Balaban J connectivity index is 1.36. The number of rotatable bonds is 10. The Bertz CT molecular complexity index is 1210. The predicted octanol–water partition coefficient (Wildman–Crippen LogP) is 3.30. The molecule has 3 heterocycles. The molecular weight excluding hydrogens is 498 g/mol. The van der Waals surface area contributed by atoms with E-state index in [0.717, 1.165) is 12.8 Å². The van der Waals surface area contributed by atoms with Gasteiger partial charge in [0.05, 0.1) is 24.2 Å². The number of aryl methyl sites for hydroxylation is 2. The minimum atomic E-state index is -3.06. The van der Waals surface area contributed by atoms with Crippen LogP contribution < -0.4 is 14.8 Å². The molecule has 1 aliphatic heterocycles. The number of carbonyl (C=O) groups is 1. The second-order valence-corrected chi connectivity index (χ2v) is 12.0. The largest absolute Gasteiger partial charge is 0.489 e. The number of likely N-dealkylation sites (tertiary alicyclic amines) is 1. The number of hydrogen-bond donors (Lipinski definition) is 1. The zero-order valence-corrected chi connectivity index (χ0v) is 22.6. The molecule has 4 rings (SSSR count).